The van der Waals surface area contributed by atoms with Crippen LogP contribution in [0.5, 0.6) is 0 Å². The van der Waals surface area contributed by atoms with Gasteiger partial charge in [-0.25, -0.2) is 0 Å². The summed E-state index contributed by atoms with van der Waals surface area (Å²) < 4.78 is 1.74. The number of aryl methyl sites for hydroxylation is 1. The van der Waals surface area contributed by atoms with Crippen molar-refractivity contribution in [2.45, 2.75) is 25.8 Å². The molecule has 1 aliphatic heterocycles. The fourth-order valence-electron chi connectivity index (χ4n) is 2.41. The highest BCUT2D eigenvalue weighted by molar-refractivity contribution is 5.51. The van der Waals surface area contributed by atoms with Gasteiger partial charge in [0.25, 0.3) is 0 Å². The number of anilines is 1. The zero-order valence-electron chi connectivity index (χ0n) is 11.0. The Kier molecular flexibility index (Phi) is 3.41. The Morgan fingerprint density at radius 3 is 3.11 bits per heavy atom. The third-order valence-electron chi connectivity index (χ3n) is 3.38. The summed E-state index contributed by atoms with van der Waals surface area (Å²) in [5.41, 5.74) is 2.09. The van der Waals surface area contributed by atoms with Crippen LogP contribution < -0.4 is 10.6 Å². The SMILES string of the molecule is Cc1nnnn1-c1cccc(NC2CCCNC2)c1. The van der Waals surface area contributed by atoms with Crippen LogP contribution in [-0.4, -0.2) is 39.3 Å². The lowest BCUT2D eigenvalue weighted by Gasteiger charge is -2.25. The van der Waals surface area contributed by atoms with E-state index in [1.165, 1.54) is 12.8 Å². The quantitative estimate of drug-likeness (QED) is 0.864. The maximum absolute atomic E-state index is 3.99. The summed E-state index contributed by atoms with van der Waals surface area (Å²) in [7, 11) is 0. The molecule has 3 rings (SSSR count). The van der Waals surface area contributed by atoms with Gasteiger partial charge in [-0.05, 0) is 54.9 Å². The van der Waals surface area contributed by atoms with Gasteiger partial charge < -0.3 is 10.6 Å². The van der Waals surface area contributed by atoms with Crippen LogP contribution in [0.2, 0.25) is 0 Å². The van der Waals surface area contributed by atoms with Crippen molar-refractivity contribution in [3.8, 4) is 5.69 Å². The van der Waals surface area contributed by atoms with Gasteiger partial charge in [0.05, 0.1) is 5.69 Å². The average molecular weight is 258 g/mol. The molecule has 1 fully saturated rings. The molecule has 6 nitrogen and oxygen atoms in total. The first kappa shape index (κ1) is 12.1. The van der Waals surface area contributed by atoms with E-state index in [-0.39, 0.29) is 0 Å². The second-order valence-electron chi connectivity index (χ2n) is 4.88. The first-order valence-corrected chi connectivity index (χ1v) is 6.65. The zero-order valence-corrected chi connectivity index (χ0v) is 11.0. The number of aromatic nitrogens is 4. The molecule has 100 valence electrons. The minimum atomic E-state index is 0.499. The maximum atomic E-state index is 3.99. The lowest BCUT2D eigenvalue weighted by atomic mass is 10.1. The molecule has 0 amide bonds. The number of piperidine rings is 1. The molecule has 2 N–H and O–H groups in total. The van der Waals surface area contributed by atoms with Gasteiger partial charge in [0.1, 0.15) is 0 Å². The number of rotatable bonds is 3. The number of tetrazole rings is 1. The van der Waals surface area contributed by atoms with Gasteiger partial charge in [-0.2, -0.15) is 4.68 Å². The zero-order chi connectivity index (χ0) is 13.1. The van der Waals surface area contributed by atoms with E-state index in [9.17, 15) is 0 Å². The van der Waals surface area contributed by atoms with Crippen LogP contribution in [0.25, 0.3) is 5.69 Å². The highest BCUT2D eigenvalue weighted by Gasteiger charge is 2.12. The monoisotopic (exact) mass is 258 g/mol. The van der Waals surface area contributed by atoms with E-state index in [2.05, 4.69) is 38.3 Å². The molecule has 19 heavy (non-hydrogen) atoms. The number of hydrogen-bond donors (Lipinski definition) is 2. The Morgan fingerprint density at radius 1 is 1.42 bits per heavy atom. The molecule has 0 saturated carbocycles. The van der Waals surface area contributed by atoms with E-state index in [0.717, 1.165) is 30.3 Å². The summed E-state index contributed by atoms with van der Waals surface area (Å²) in [6.45, 7) is 4.04. The predicted molar refractivity (Wildman–Crippen MR) is 73.4 cm³/mol. The van der Waals surface area contributed by atoms with Gasteiger partial charge in [-0.1, -0.05) is 6.07 Å². The van der Waals surface area contributed by atoms with Crippen LogP contribution in [-0.2, 0) is 0 Å². The lowest BCUT2D eigenvalue weighted by molar-refractivity contribution is 0.480. The molecular formula is C13H18N6. The lowest BCUT2D eigenvalue weighted by Crippen LogP contribution is -2.38. The molecular weight excluding hydrogens is 240 g/mol. The van der Waals surface area contributed by atoms with Crippen LogP contribution >= 0.6 is 0 Å². The highest BCUT2D eigenvalue weighted by Crippen LogP contribution is 2.17. The molecule has 1 aromatic carbocycles. The summed E-state index contributed by atoms with van der Waals surface area (Å²) in [4.78, 5) is 0. The molecule has 2 heterocycles. The largest absolute Gasteiger partial charge is 0.381 e. The van der Waals surface area contributed by atoms with E-state index in [1.54, 1.807) is 4.68 Å². The molecule has 0 spiro atoms. The molecule has 0 radical (unpaired) electrons. The van der Waals surface area contributed by atoms with Crippen molar-refractivity contribution in [3.05, 3.63) is 30.1 Å². The molecule has 0 bridgehead atoms. The minimum absolute atomic E-state index is 0.499. The van der Waals surface area contributed by atoms with Crippen LogP contribution in [0.15, 0.2) is 24.3 Å². The van der Waals surface area contributed by atoms with Crippen molar-refractivity contribution in [1.29, 1.82) is 0 Å². The summed E-state index contributed by atoms with van der Waals surface area (Å²) in [6.07, 6.45) is 2.44. The molecule has 1 saturated heterocycles. The topological polar surface area (TPSA) is 67.7 Å². The Labute approximate surface area is 112 Å². The molecule has 0 aliphatic carbocycles. The van der Waals surface area contributed by atoms with Gasteiger partial charge in [0.2, 0.25) is 0 Å². The highest BCUT2D eigenvalue weighted by atomic mass is 15.5. The van der Waals surface area contributed by atoms with Crippen molar-refractivity contribution in [2.75, 3.05) is 18.4 Å². The van der Waals surface area contributed by atoms with Gasteiger partial charge in [-0.3, -0.25) is 0 Å². The summed E-state index contributed by atoms with van der Waals surface area (Å²) in [5.74, 6) is 0.788. The molecule has 1 aromatic heterocycles. The third-order valence-corrected chi connectivity index (χ3v) is 3.38. The number of nitrogens with one attached hydrogen (secondary N) is 2. The molecule has 1 aliphatic rings. The fourth-order valence-corrected chi connectivity index (χ4v) is 2.41. The van der Waals surface area contributed by atoms with Crippen molar-refractivity contribution < 1.29 is 0 Å². The normalized spacial score (nSPS) is 19.3. The van der Waals surface area contributed by atoms with E-state index < -0.39 is 0 Å². The van der Waals surface area contributed by atoms with E-state index in [1.807, 2.05) is 19.1 Å². The Hall–Kier alpha value is -1.95. The maximum Gasteiger partial charge on any atom is 0.153 e. The number of hydrogen-bond acceptors (Lipinski definition) is 5. The van der Waals surface area contributed by atoms with Crippen molar-refractivity contribution in [2.24, 2.45) is 0 Å². The van der Waals surface area contributed by atoms with Gasteiger partial charge >= 0.3 is 0 Å². The van der Waals surface area contributed by atoms with Crippen molar-refractivity contribution in [3.63, 3.8) is 0 Å². The molecule has 1 atom stereocenters. The standard InChI is InChI=1S/C13H18N6/c1-10-16-17-18-19(10)13-6-2-4-11(8-13)15-12-5-3-7-14-9-12/h2,4,6,8,12,14-15H,3,5,7,9H2,1H3. The third kappa shape index (κ3) is 2.73. The van der Waals surface area contributed by atoms with E-state index >= 15 is 0 Å². The predicted octanol–water partition coefficient (Wildman–Crippen LogP) is 1.13. The van der Waals surface area contributed by atoms with Crippen LogP contribution in [0.1, 0.15) is 18.7 Å². The summed E-state index contributed by atoms with van der Waals surface area (Å²) in [5, 5.41) is 18.5. The van der Waals surface area contributed by atoms with Gasteiger partial charge in [0, 0.05) is 18.3 Å². The summed E-state index contributed by atoms with van der Waals surface area (Å²) >= 11 is 0. The first-order valence-electron chi connectivity index (χ1n) is 6.65. The van der Waals surface area contributed by atoms with Gasteiger partial charge in [-0.15, -0.1) is 5.10 Å². The first-order chi connectivity index (χ1) is 9.33. The van der Waals surface area contributed by atoms with E-state index in [4.69, 9.17) is 0 Å². The molecule has 1 unspecified atom stereocenters. The smallest absolute Gasteiger partial charge is 0.153 e. The molecule has 6 heteroatoms. The molecule has 2 aromatic rings. The van der Waals surface area contributed by atoms with Crippen LogP contribution in [0, 0.1) is 6.92 Å². The van der Waals surface area contributed by atoms with Crippen LogP contribution in [0.3, 0.4) is 0 Å². The van der Waals surface area contributed by atoms with Crippen molar-refractivity contribution >= 4 is 5.69 Å². The second kappa shape index (κ2) is 5.36. The summed E-state index contributed by atoms with van der Waals surface area (Å²) in [6, 6.07) is 8.69. The number of benzene rings is 1. The Morgan fingerprint density at radius 2 is 2.37 bits per heavy atom. The Balaban J connectivity index is 1.78. The average Bonchev–Trinajstić information content (AvgIpc) is 2.86. The Bertz CT molecular complexity index is 544. The van der Waals surface area contributed by atoms with E-state index in [0.29, 0.717) is 6.04 Å². The second-order valence-corrected chi connectivity index (χ2v) is 4.88. The number of nitrogens with zero attached hydrogens (tertiary/aromatic N) is 4. The fraction of sp³-hybridized carbons (Fsp3) is 0.462. The minimum Gasteiger partial charge on any atom is -0.381 e. The van der Waals surface area contributed by atoms with Gasteiger partial charge in [0.15, 0.2) is 5.82 Å². The van der Waals surface area contributed by atoms with Crippen molar-refractivity contribution in [1.82, 2.24) is 25.5 Å². The van der Waals surface area contributed by atoms with Crippen LogP contribution in [0.4, 0.5) is 5.69 Å².